The fraction of sp³-hybridized carbons (Fsp3) is 0.286. The van der Waals surface area contributed by atoms with Crippen LogP contribution in [0.3, 0.4) is 0 Å². The molecule has 0 spiro atoms. The molecule has 3 N–H and O–H groups in total. The zero-order valence-electron chi connectivity index (χ0n) is 11.7. The van der Waals surface area contributed by atoms with Crippen molar-refractivity contribution in [3.05, 3.63) is 34.6 Å². The summed E-state index contributed by atoms with van der Waals surface area (Å²) in [6, 6.07) is 5.16. The molecular formula is C14H15Cl2N5O. The van der Waals surface area contributed by atoms with Gasteiger partial charge >= 0.3 is 0 Å². The van der Waals surface area contributed by atoms with E-state index in [1.807, 2.05) is 0 Å². The van der Waals surface area contributed by atoms with Gasteiger partial charge in [-0.25, -0.2) is 9.97 Å². The summed E-state index contributed by atoms with van der Waals surface area (Å²) in [5.41, 5.74) is 7.32. The van der Waals surface area contributed by atoms with E-state index in [9.17, 15) is 0 Å². The molecule has 1 aliphatic rings. The normalized spacial score (nSPS) is 14.9. The number of nitrogens with zero attached hydrogens (tertiary/aromatic N) is 3. The van der Waals surface area contributed by atoms with Crippen LogP contribution in [-0.2, 0) is 4.74 Å². The van der Waals surface area contributed by atoms with Crippen molar-refractivity contribution < 1.29 is 4.74 Å². The molecule has 0 unspecified atom stereocenters. The minimum atomic E-state index is 0.473. The van der Waals surface area contributed by atoms with Crippen molar-refractivity contribution in [1.29, 1.82) is 0 Å². The number of morpholine rings is 1. The van der Waals surface area contributed by atoms with E-state index in [-0.39, 0.29) is 0 Å². The average Bonchev–Trinajstić information content (AvgIpc) is 2.54. The van der Waals surface area contributed by atoms with Gasteiger partial charge in [-0.3, -0.25) is 0 Å². The Kier molecular flexibility index (Phi) is 4.52. The Labute approximate surface area is 138 Å². The topological polar surface area (TPSA) is 76.3 Å². The molecule has 1 aromatic heterocycles. The highest BCUT2D eigenvalue weighted by molar-refractivity contribution is 6.35. The quantitative estimate of drug-likeness (QED) is 0.895. The second-order valence-electron chi connectivity index (χ2n) is 4.81. The average molecular weight is 340 g/mol. The van der Waals surface area contributed by atoms with Gasteiger partial charge in [-0.15, -0.1) is 0 Å². The van der Waals surface area contributed by atoms with Gasteiger partial charge in [-0.1, -0.05) is 23.2 Å². The summed E-state index contributed by atoms with van der Waals surface area (Å²) >= 11 is 12.1. The minimum Gasteiger partial charge on any atom is -0.393 e. The lowest BCUT2D eigenvalue weighted by Gasteiger charge is -2.29. The van der Waals surface area contributed by atoms with E-state index in [1.165, 1.54) is 6.33 Å². The zero-order valence-corrected chi connectivity index (χ0v) is 13.2. The number of nitrogens with one attached hydrogen (secondary N) is 1. The Hall–Kier alpha value is -1.76. The third kappa shape index (κ3) is 3.19. The van der Waals surface area contributed by atoms with Crippen LogP contribution in [0.15, 0.2) is 24.5 Å². The molecular weight excluding hydrogens is 325 g/mol. The number of halogens is 2. The van der Waals surface area contributed by atoms with Gasteiger partial charge in [0.2, 0.25) is 0 Å². The largest absolute Gasteiger partial charge is 0.393 e. The number of rotatable bonds is 3. The van der Waals surface area contributed by atoms with E-state index in [2.05, 4.69) is 20.2 Å². The molecule has 116 valence electrons. The predicted molar refractivity (Wildman–Crippen MR) is 89.2 cm³/mol. The highest BCUT2D eigenvalue weighted by Gasteiger charge is 2.18. The van der Waals surface area contributed by atoms with Gasteiger partial charge in [-0.2, -0.15) is 0 Å². The molecule has 1 aromatic carbocycles. The van der Waals surface area contributed by atoms with Gasteiger partial charge < -0.3 is 20.7 Å². The molecule has 0 bridgehead atoms. The van der Waals surface area contributed by atoms with Crippen molar-refractivity contribution in [3.8, 4) is 0 Å². The second-order valence-corrected chi connectivity index (χ2v) is 5.65. The number of nitrogen functional groups attached to an aromatic ring is 1. The summed E-state index contributed by atoms with van der Waals surface area (Å²) < 4.78 is 5.34. The smallest absolute Gasteiger partial charge is 0.159 e. The predicted octanol–water partition coefficient (Wildman–Crippen LogP) is 2.95. The van der Waals surface area contributed by atoms with Crippen molar-refractivity contribution in [2.24, 2.45) is 0 Å². The van der Waals surface area contributed by atoms with Crippen LogP contribution >= 0.6 is 23.2 Å². The Morgan fingerprint density at radius 2 is 1.95 bits per heavy atom. The number of aromatic nitrogens is 2. The van der Waals surface area contributed by atoms with Crippen molar-refractivity contribution in [2.45, 2.75) is 0 Å². The summed E-state index contributed by atoms with van der Waals surface area (Å²) in [6.07, 6.45) is 1.47. The number of anilines is 4. The van der Waals surface area contributed by atoms with Gasteiger partial charge in [-0.05, 0) is 18.2 Å². The molecule has 6 nitrogen and oxygen atoms in total. The van der Waals surface area contributed by atoms with Crippen LogP contribution in [0.1, 0.15) is 0 Å². The monoisotopic (exact) mass is 339 g/mol. The van der Waals surface area contributed by atoms with E-state index in [4.69, 9.17) is 33.7 Å². The molecule has 0 atom stereocenters. The Morgan fingerprint density at radius 3 is 2.73 bits per heavy atom. The molecule has 0 aliphatic carbocycles. The third-order valence-electron chi connectivity index (χ3n) is 3.35. The molecule has 0 amide bonds. The lowest BCUT2D eigenvalue weighted by Crippen LogP contribution is -2.37. The number of nitrogens with two attached hydrogens (primary N) is 1. The van der Waals surface area contributed by atoms with Crippen LogP contribution in [0, 0.1) is 0 Å². The highest BCUT2D eigenvalue weighted by Crippen LogP contribution is 2.32. The highest BCUT2D eigenvalue weighted by atomic mass is 35.5. The maximum atomic E-state index is 6.20. The SMILES string of the molecule is Nc1c(Nc2cc(Cl)ccc2Cl)ncnc1N1CCOCC1. The molecule has 1 fully saturated rings. The van der Waals surface area contributed by atoms with E-state index in [1.54, 1.807) is 18.2 Å². The Morgan fingerprint density at radius 1 is 1.18 bits per heavy atom. The van der Waals surface area contributed by atoms with Crippen molar-refractivity contribution in [1.82, 2.24) is 9.97 Å². The van der Waals surface area contributed by atoms with Gasteiger partial charge in [0.05, 0.1) is 23.9 Å². The first-order valence-electron chi connectivity index (χ1n) is 6.80. The minimum absolute atomic E-state index is 0.473. The zero-order chi connectivity index (χ0) is 15.5. The fourth-order valence-electron chi connectivity index (χ4n) is 2.23. The molecule has 1 aliphatic heterocycles. The van der Waals surface area contributed by atoms with E-state index in [0.717, 1.165) is 13.1 Å². The van der Waals surface area contributed by atoms with Crippen LogP contribution in [0.2, 0.25) is 10.0 Å². The lowest BCUT2D eigenvalue weighted by atomic mass is 10.3. The molecule has 1 saturated heterocycles. The van der Waals surface area contributed by atoms with Crippen LogP contribution in [0.4, 0.5) is 23.0 Å². The summed E-state index contributed by atoms with van der Waals surface area (Å²) in [7, 11) is 0. The van der Waals surface area contributed by atoms with Crippen molar-refractivity contribution in [3.63, 3.8) is 0 Å². The maximum Gasteiger partial charge on any atom is 0.159 e. The number of hydrogen-bond acceptors (Lipinski definition) is 6. The van der Waals surface area contributed by atoms with Gasteiger partial charge in [0.15, 0.2) is 11.6 Å². The van der Waals surface area contributed by atoms with E-state index < -0.39 is 0 Å². The van der Waals surface area contributed by atoms with Crippen LogP contribution in [0.5, 0.6) is 0 Å². The second kappa shape index (κ2) is 6.56. The molecule has 2 aromatic rings. The summed E-state index contributed by atoms with van der Waals surface area (Å²) in [6.45, 7) is 2.82. The molecule has 0 saturated carbocycles. The standard InChI is InChI=1S/C14H15Cl2N5O/c15-9-1-2-10(16)11(7-9)20-13-12(17)14(19-8-18-13)21-3-5-22-6-4-21/h1-2,7-8H,3-6,17H2,(H,18,19,20). The van der Waals surface area contributed by atoms with E-state index >= 15 is 0 Å². The van der Waals surface area contributed by atoms with Crippen molar-refractivity contribution >= 4 is 46.2 Å². The Balaban J connectivity index is 1.89. The number of ether oxygens (including phenoxy) is 1. The first-order valence-corrected chi connectivity index (χ1v) is 7.56. The van der Waals surface area contributed by atoms with Crippen LogP contribution in [-0.4, -0.2) is 36.3 Å². The molecule has 2 heterocycles. The molecule has 0 radical (unpaired) electrons. The molecule has 8 heteroatoms. The summed E-state index contributed by atoms with van der Waals surface area (Å²) in [4.78, 5) is 10.5. The number of benzene rings is 1. The van der Waals surface area contributed by atoms with Crippen LogP contribution < -0.4 is 16.0 Å². The van der Waals surface area contributed by atoms with Crippen LogP contribution in [0.25, 0.3) is 0 Å². The first kappa shape index (κ1) is 15.1. The Bertz CT molecular complexity index is 676. The van der Waals surface area contributed by atoms with E-state index in [0.29, 0.717) is 46.3 Å². The van der Waals surface area contributed by atoms with Gasteiger partial charge in [0.1, 0.15) is 12.0 Å². The summed E-state index contributed by atoms with van der Waals surface area (Å²) in [5.74, 6) is 1.19. The van der Waals surface area contributed by atoms with Crippen molar-refractivity contribution in [2.75, 3.05) is 42.3 Å². The van der Waals surface area contributed by atoms with Gasteiger partial charge in [0, 0.05) is 18.1 Å². The summed E-state index contributed by atoms with van der Waals surface area (Å²) in [5, 5.41) is 4.22. The third-order valence-corrected chi connectivity index (χ3v) is 3.92. The number of hydrogen-bond donors (Lipinski definition) is 2. The molecule has 22 heavy (non-hydrogen) atoms. The lowest BCUT2D eigenvalue weighted by molar-refractivity contribution is 0.122. The van der Waals surface area contributed by atoms with Gasteiger partial charge in [0.25, 0.3) is 0 Å². The maximum absolute atomic E-state index is 6.20. The molecule has 3 rings (SSSR count). The first-order chi connectivity index (χ1) is 10.6. The fourth-order valence-corrected chi connectivity index (χ4v) is 2.57.